The summed E-state index contributed by atoms with van der Waals surface area (Å²) in [6, 6.07) is 1.88. The van der Waals surface area contributed by atoms with Crippen LogP contribution in [0.5, 0.6) is 0 Å². The topological polar surface area (TPSA) is 36.7 Å². The van der Waals surface area contributed by atoms with Crippen molar-refractivity contribution in [1.29, 1.82) is 5.26 Å². The standard InChI is InChI=1S/C7H2F4N2/c8-6-1-4(2-12)13-3-5(6)7(9,10)11/h1,3H. The van der Waals surface area contributed by atoms with Gasteiger partial charge >= 0.3 is 6.18 Å². The van der Waals surface area contributed by atoms with Gasteiger partial charge in [-0.3, -0.25) is 0 Å². The molecule has 1 aromatic heterocycles. The average molecular weight is 190 g/mol. The molecule has 0 bridgehead atoms. The summed E-state index contributed by atoms with van der Waals surface area (Å²) in [6.07, 6.45) is -4.47. The lowest BCUT2D eigenvalue weighted by Crippen LogP contribution is -2.09. The normalized spacial score (nSPS) is 11.0. The highest BCUT2D eigenvalue weighted by Crippen LogP contribution is 2.30. The third-order valence-electron chi connectivity index (χ3n) is 1.27. The largest absolute Gasteiger partial charge is 0.420 e. The molecular formula is C7H2F4N2. The SMILES string of the molecule is N#Cc1cc(F)c(C(F)(F)F)cn1. The van der Waals surface area contributed by atoms with Gasteiger partial charge in [-0.05, 0) is 0 Å². The molecule has 0 spiro atoms. The summed E-state index contributed by atoms with van der Waals surface area (Å²) in [5.41, 5.74) is -1.85. The highest BCUT2D eigenvalue weighted by Gasteiger charge is 2.34. The van der Waals surface area contributed by atoms with E-state index in [1.807, 2.05) is 0 Å². The molecule has 0 N–H and O–H groups in total. The molecule has 0 unspecified atom stereocenters. The molecule has 0 aliphatic carbocycles. The molecule has 1 aromatic rings. The molecule has 1 rings (SSSR count). The number of hydrogen-bond donors (Lipinski definition) is 0. The molecule has 0 aromatic carbocycles. The summed E-state index contributed by atoms with van der Waals surface area (Å²) in [5.74, 6) is -1.49. The van der Waals surface area contributed by atoms with Crippen molar-refractivity contribution in [1.82, 2.24) is 4.98 Å². The lowest BCUT2D eigenvalue weighted by atomic mass is 10.2. The molecule has 0 radical (unpaired) electrons. The second-order valence-corrected chi connectivity index (χ2v) is 2.16. The van der Waals surface area contributed by atoms with Crippen LogP contribution in [0.15, 0.2) is 12.3 Å². The fourth-order valence-electron chi connectivity index (χ4n) is 0.701. The lowest BCUT2D eigenvalue weighted by molar-refractivity contribution is -0.140. The number of halogens is 4. The minimum Gasteiger partial charge on any atom is -0.245 e. The van der Waals surface area contributed by atoms with Crippen LogP contribution in [0.4, 0.5) is 17.6 Å². The van der Waals surface area contributed by atoms with Crippen LogP contribution in [0.3, 0.4) is 0 Å². The van der Waals surface area contributed by atoms with Crippen molar-refractivity contribution < 1.29 is 17.6 Å². The van der Waals surface area contributed by atoms with Gasteiger partial charge in [0, 0.05) is 12.3 Å². The van der Waals surface area contributed by atoms with Gasteiger partial charge in [0.15, 0.2) is 0 Å². The van der Waals surface area contributed by atoms with E-state index in [-0.39, 0.29) is 5.69 Å². The van der Waals surface area contributed by atoms with Crippen molar-refractivity contribution in [3.8, 4) is 6.07 Å². The van der Waals surface area contributed by atoms with E-state index in [1.165, 1.54) is 6.07 Å². The Hall–Kier alpha value is -1.64. The quantitative estimate of drug-likeness (QED) is 0.587. The van der Waals surface area contributed by atoms with Crippen LogP contribution in [0.25, 0.3) is 0 Å². The first-order chi connectivity index (χ1) is 5.95. The Morgan fingerprint density at radius 1 is 1.38 bits per heavy atom. The molecule has 0 saturated heterocycles. The number of pyridine rings is 1. The smallest absolute Gasteiger partial charge is 0.245 e. The monoisotopic (exact) mass is 190 g/mol. The van der Waals surface area contributed by atoms with Crippen LogP contribution in [0.1, 0.15) is 11.3 Å². The van der Waals surface area contributed by atoms with Crippen molar-refractivity contribution >= 4 is 0 Å². The highest BCUT2D eigenvalue weighted by molar-refractivity contribution is 5.26. The second-order valence-electron chi connectivity index (χ2n) is 2.16. The molecule has 0 aliphatic heterocycles. The third-order valence-corrected chi connectivity index (χ3v) is 1.27. The van der Waals surface area contributed by atoms with Gasteiger partial charge < -0.3 is 0 Å². The van der Waals surface area contributed by atoms with Crippen LogP contribution < -0.4 is 0 Å². The highest BCUT2D eigenvalue weighted by atomic mass is 19.4. The molecule has 0 saturated carbocycles. The fourth-order valence-corrected chi connectivity index (χ4v) is 0.701. The van der Waals surface area contributed by atoms with Crippen LogP contribution >= 0.6 is 0 Å². The maximum atomic E-state index is 12.6. The van der Waals surface area contributed by atoms with Crippen LogP contribution in [0.2, 0.25) is 0 Å². The molecule has 68 valence electrons. The Balaban J connectivity index is 3.23. The van der Waals surface area contributed by atoms with Crippen LogP contribution in [-0.4, -0.2) is 4.98 Å². The molecule has 6 heteroatoms. The average Bonchev–Trinajstić information content (AvgIpc) is 2.01. The van der Waals surface area contributed by atoms with Gasteiger partial charge in [-0.25, -0.2) is 9.37 Å². The Bertz CT molecular complexity index is 364. The number of alkyl halides is 3. The number of hydrogen-bond acceptors (Lipinski definition) is 2. The second kappa shape index (κ2) is 3.01. The minimum absolute atomic E-state index is 0.299. The van der Waals surface area contributed by atoms with E-state index in [0.29, 0.717) is 12.3 Å². The molecule has 0 amide bonds. The first kappa shape index (κ1) is 9.45. The zero-order chi connectivity index (χ0) is 10.1. The van der Waals surface area contributed by atoms with Gasteiger partial charge in [-0.1, -0.05) is 0 Å². The zero-order valence-corrected chi connectivity index (χ0v) is 6.06. The Kier molecular flexibility index (Phi) is 2.19. The summed E-state index contributed by atoms with van der Waals surface area (Å²) in [5, 5.41) is 8.20. The number of aromatic nitrogens is 1. The van der Waals surface area contributed by atoms with Crippen LogP contribution in [-0.2, 0) is 6.18 Å². The minimum atomic E-state index is -4.77. The first-order valence-corrected chi connectivity index (χ1v) is 3.08. The van der Waals surface area contributed by atoms with E-state index in [2.05, 4.69) is 4.98 Å². The maximum Gasteiger partial charge on any atom is 0.420 e. The third kappa shape index (κ3) is 1.93. The molecule has 2 nitrogen and oxygen atoms in total. The summed E-state index contributed by atoms with van der Waals surface area (Å²) < 4.78 is 48.4. The van der Waals surface area contributed by atoms with Gasteiger partial charge in [0.25, 0.3) is 0 Å². The predicted octanol–water partition coefficient (Wildman–Crippen LogP) is 2.11. The van der Waals surface area contributed by atoms with E-state index in [9.17, 15) is 17.6 Å². The Morgan fingerprint density at radius 3 is 2.38 bits per heavy atom. The van der Waals surface area contributed by atoms with Crippen LogP contribution in [0, 0.1) is 17.1 Å². The summed E-state index contributed by atoms with van der Waals surface area (Å²) in [7, 11) is 0. The Labute approximate surface area is 70.4 Å². The molecule has 13 heavy (non-hydrogen) atoms. The first-order valence-electron chi connectivity index (χ1n) is 3.08. The molecule has 0 fully saturated rings. The predicted molar refractivity (Wildman–Crippen MR) is 33.9 cm³/mol. The van der Waals surface area contributed by atoms with Gasteiger partial charge in [-0.2, -0.15) is 18.4 Å². The summed E-state index contributed by atoms with van der Waals surface area (Å²) in [6.45, 7) is 0. The van der Waals surface area contributed by atoms with Crippen molar-refractivity contribution in [2.75, 3.05) is 0 Å². The van der Waals surface area contributed by atoms with Gasteiger partial charge in [0.1, 0.15) is 23.1 Å². The van der Waals surface area contributed by atoms with Gasteiger partial charge in [-0.15, -0.1) is 0 Å². The molecule has 0 atom stereocenters. The summed E-state index contributed by atoms with van der Waals surface area (Å²) >= 11 is 0. The van der Waals surface area contributed by atoms with E-state index in [4.69, 9.17) is 5.26 Å². The summed E-state index contributed by atoms with van der Waals surface area (Å²) in [4.78, 5) is 3.10. The number of nitrogens with zero attached hydrogens (tertiary/aromatic N) is 2. The van der Waals surface area contributed by atoms with Gasteiger partial charge in [0.2, 0.25) is 0 Å². The lowest BCUT2D eigenvalue weighted by Gasteiger charge is -2.06. The Morgan fingerprint density at radius 2 is 2.00 bits per heavy atom. The maximum absolute atomic E-state index is 12.6. The number of nitriles is 1. The fraction of sp³-hybridized carbons (Fsp3) is 0.143. The zero-order valence-electron chi connectivity index (χ0n) is 6.06. The van der Waals surface area contributed by atoms with E-state index >= 15 is 0 Å². The van der Waals surface area contributed by atoms with Crippen molar-refractivity contribution in [2.45, 2.75) is 6.18 Å². The molecule has 1 heterocycles. The molecule has 0 aliphatic rings. The van der Waals surface area contributed by atoms with E-state index in [1.54, 1.807) is 0 Å². The molecular weight excluding hydrogens is 188 g/mol. The van der Waals surface area contributed by atoms with Crippen molar-refractivity contribution in [2.24, 2.45) is 0 Å². The van der Waals surface area contributed by atoms with Crippen molar-refractivity contribution in [3.63, 3.8) is 0 Å². The van der Waals surface area contributed by atoms with Gasteiger partial charge in [0.05, 0.1) is 0 Å². The van der Waals surface area contributed by atoms with E-state index in [0.717, 1.165) is 0 Å². The van der Waals surface area contributed by atoms with Crippen molar-refractivity contribution in [3.05, 3.63) is 29.3 Å². The van der Waals surface area contributed by atoms with E-state index < -0.39 is 17.6 Å². The number of rotatable bonds is 0.